The minimum atomic E-state index is -0.516. The highest BCUT2D eigenvalue weighted by Gasteiger charge is 2.09. The van der Waals surface area contributed by atoms with E-state index in [0.29, 0.717) is 6.54 Å². The quantitative estimate of drug-likeness (QED) is 0.884. The van der Waals surface area contributed by atoms with Crippen molar-refractivity contribution in [1.29, 1.82) is 0 Å². The highest BCUT2D eigenvalue weighted by atomic mass is 19.1. The molecule has 0 radical (unpaired) electrons. The number of nitrogens with zero attached hydrogens (tertiary/aromatic N) is 2. The lowest BCUT2D eigenvalue weighted by atomic mass is 10.2. The molecule has 0 spiro atoms. The topological polar surface area (TPSA) is 29.9 Å². The van der Waals surface area contributed by atoms with E-state index in [9.17, 15) is 8.78 Å². The lowest BCUT2D eigenvalue weighted by molar-refractivity contribution is 0.457. The maximum Gasteiger partial charge on any atom is 0.130 e. The third kappa shape index (κ3) is 3.13. The molecule has 1 atom stereocenters. The van der Waals surface area contributed by atoms with Crippen LogP contribution in [0.4, 0.5) is 8.78 Å². The summed E-state index contributed by atoms with van der Waals surface area (Å²) in [6, 6.07) is 3.99. The average Bonchev–Trinajstić information content (AvgIpc) is 2.81. The van der Waals surface area contributed by atoms with Gasteiger partial charge >= 0.3 is 0 Å². The molecule has 1 N–H and O–H groups in total. The molecule has 0 saturated carbocycles. The SMILES string of the molecule is CC(Cn1ccnc1)NCc1c(F)cccc1F. The summed E-state index contributed by atoms with van der Waals surface area (Å²) in [6.07, 6.45) is 5.26. The van der Waals surface area contributed by atoms with Gasteiger partial charge in [-0.25, -0.2) is 13.8 Å². The predicted molar refractivity (Wildman–Crippen MR) is 64.9 cm³/mol. The van der Waals surface area contributed by atoms with Gasteiger partial charge in [0.05, 0.1) is 6.33 Å². The Hall–Kier alpha value is -1.75. The zero-order chi connectivity index (χ0) is 13.0. The van der Waals surface area contributed by atoms with Gasteiger partial charge in [0, 0.05) is 37.1 Å². The molecular weight excluding hydrogens is 236 g/mol. The Morgan fingerprint density at radius 1 is 1.33 bits per heavy atom. The summed E-state index contributed by atoms with van der Waals surface area (Å²) >= 11 is 0. The summed E-state index contributed by atoms with van der Waals surface area (Å²) in [4.78, 5) is 3.94. The van der Waals surface area contributed by atoms with Crippen LogP contribution >= 0.6 is 0 Å². The van der Waals surface area contributed by atoms with Crippen molar-refractivity contribution in [2.75, 3.05) is 0 Å². The van der Waals surface area contributed by atoms with E-state index in [1.807, 2.05) is 17.7 Å². The summed E-state index contributed by atoms with van der Waals surface area (Å²) in [7, 11) is 0. The van der Waals surface area contributed by atoms with Crippen molar-refractivity contribution < 1.29 is 8.78 Å². The van der Waals surface area contributed by atoms with Gasteiger partial charge in [0.25, 0.3) is 0 Å². The zero-order valence-electron chi connectivity index (χ0n) is 10.1. The Bertz CT molecular complexity index is 477. The van der Waals surface area contributed by atoms with Gasteiger partial charge in [-0.1, -0.05) is 6.07 Å². The highest BCUT2D eigenvalue weighted by molar-refractivity contribution is 5.19. The molecule has 1 aromatic carbocycles. The summed E-state index contributed by atoms with van der Waals surface area (Å²) in [5, 5.41) is 3.09. The van der Waals surface area contributed by atoms with Gasteiger partial charge in [-0.2, -0.15) is 0 Å². The van der Waals surface area contributed by atoms with Crippen LogP contribution in [-0.4, -0.2) is 15.6 Å². The Labute approximate surface area is 104 Å². The first-order valence-electron chi connectivity index (χ1n) is 5.79. The Morgan fingerprint density at radius 2 is 2.06 bits per heavy atom. The number of rotatable bonds is 5. The molecular formula is C13H15F2N3. The van der Waals surface area contributed by atoms with Crippen molar-refractivity contribution >= 4 is 0 Å². The van der Waals surface area contributed by atoms with E-state index in [1.165, 1.54) is 18.2 Å². The smallest absolute Gasteiger partial charge is 0.130 e. The molecule has 2 aromatic rings. The maximum absolute atomic E-state index is 13.4. The average molecular weight is 251 g/mol. The second-order valence-corrected chi connectivity index (χ2v) is 4.24. The van der Waals surface area contributed by atoms with Crippen LogP contribution in [0.5, 0.6) is 0 Å². The fraction of sp³-hybridized carbons (Fsp3) is 0.308. The molecule has 0 fully saturated rings. The van der Waals surface area contributed by atoms with Crippen LogP contribution in [0.3, 0.4) is 0 Å². The van der Waals surface area contributed by atoms with Crippen molar-refractivity contribution in [3.8, 4) is 0 Å². The van der Waals surface area contributed by atoms with Crippen LogP contribution in [0.25, 0.3) is 0 Å². The van der Waals surface area contributed by atoms with Gasteiger partial charge in [-0.15, -0.1) is 0 Å². The van der Waals surface area contributed by atoms with Crippen molar-refractivity contribution in [3.63, 3.8) is 0 Å². The number of aromatic nitrogens is 2. The van der Waals surface area contributed by atoms with Gasteiger partial charge in [0.1, 0.15) is 11.6 Å². The molecule has 5 heteroatoms. The first kappa shape index (κ1) is 12.7. The van der Waals surface area contributed by atoms with Gasteiger partial charge in [0.15, 0.2) is 0 Å². The fourth-order valence-corrected chi connectivity index (χ4v) is 1.75. The normalized spacial score (nSPS) is 12.6. The summed E-state index contributed by atoms with van der Waals surface area (Å²) in [6.45, 7) is 2.84. The second-order valence-electron chi connectivity index (χ2n) is 4.24. The second kappa shape index (κ2) is 5.73. The molecule has 0 bridgehead atoms. The van der Waals surface area contributed by atoms with Crippen LogP contribution in [0, 0.1) is 11.6 Å². The van der Waals surface area contributed by atoms with E-state index in [1.54, 1.807) is 12.5 Å². The monoisotopic (exact) mass is 251 g/mol. The van der Waals surface area contributed by atoms with Crippen molar-refractivity contribution in [3.05, 3.63) is 54.1 Å². The number of hydrogen-bond acceptors (Lipinski definition) is 2. The summed E-state index contributed by atoms with van der Waals surface area (Å²) in [5.41, 5.74) is 0.0787. The van der Waals surface area contributed by atoms with Crippen LogP contribution in [0.15, 0.2) is 36.9 Å². The Morgan fingerprint density at radius 3 is 2.67 bits per heavy atom. The molecule has 0 aliphatic heterocycles. The maximum atomic E-state index is 13.4. The Kier molecular flexibility index (Phi) is 4.04. The van der Waals surface area contributed by atoms with Gasteiger partial charge in [-0.3, -0.25) is 0 Å². The molecule has 0 amide bonds. The van der Waals surface area contributed by atoms with E-state index in [-0.39, 0.29) is 18.2 Å². The van der Waals surface area contributed by atoms with E-state index in [2.05, 4.69) is 10.3 Å². The number of halogens is 2. The first-order valence-corrected chi connectivity index (χ1v) is 5.79. The third-order valence-electron chi connectivity index (χ3n) is 2.73. The minimum Gasteiger partial charge on any atom is -0.336 e. The number of benzene rings is 1. The minimum absolute atomic E-state index is 0.0787. The standard InChI is InChI=1S/C13H15F2N3/c1-10(8-18-6-5-16-9-18)17-7-11-12(14)3-2-4-13(11)15/h2-6,9-10,17H,7-8H2,1H3. The molecule has 1 heterocycles. The van der Waals surface area contributed by atoms with Crippen LogP contribution in [0.1, 0.15) is 12.5 Å². The number of imidazole rings is 1. The summed E-state index contributed by atoms with van der Waals surface area (Å²) in [5.74, 6) is -1.03. The molecule has 0 aliphatic rings. The molecule has 96 valence electrons. The van der Waals surface area contributed by atoms with E-state index < -0.39 is 11.6 Å². The van der Waals surface area contributed by atoms with Crippen molar-refractivity contribution in [2.24, 2.45) is 0 Å². The molecule has 0 saturated heterocycles. The lowest BCUT2D eigenvalue weighted by Gasteiger charge is -2.15. The van der Waals surface area contributed by atoms with Crippen molar-refractivity contribution in [2.45, 2.75) is 26.1 Å². The van der Waals surface area contributed by atoms with E-state index >= 15 is 0 Å². The van der Waals surface area contributed by atoms with E-state index in [4.69, 9.17) is 0 Å². The van der Waals surface area contributed by atoms with Crippen molar-refractivity contribution in [1.82, 2.24) is 14.9 Å². The molecule has 18 heavy (non-hydrogen) atoms. The van der Waals surface area contributed by atoms with Gasteiger partial charge in [-0.05, 0) is 19.1 Å². The fourth-order valence-electron chi connectivity index (χ4n) is 1.75. The molecule has 1 aromatic heterocycles. The van der Waals surface area contributed by atoms with Gasteiger partial charge < -0.3 is 9.88 Å². The molecule has 3 nitrogen and oxygen atoms in total. The molecule has 0 aliphatic carbocycles. The van der Waals surface area contributed by atoms with E-state index in [0.717, 1.165) is 0 Å². The molecule has 2 rings (SSSR count). The predicted octanol–water partition coefficient (Wildman–Crippen LogP) is 2.34. The first-order chi connectivity index (χ1) is 8.66. The van der Waals surface area contributed by atoms with Crippen LogP contribution < -0.4 is 5.32 Å². The number of nitrogens with one attached hydrogen (secondary N) is 1. The van der Waals surface area contributed by atoms with Gasteiger partial charge in [0.2, 0.25) is 0 Å². The third-order valence-corrected chi connectivity index (χ3v) is 2.73. The Balaban J connectivity index is 1.91. The zero-order valence-corrected chi connectivity index (χ0v) is 10.1. The lowest BCUT2D eigenvalue weighted by Crippen LogP contribution is -2.30. The number of hydrogen-bond donors (Lipinski definition) is 1. The highest BCUT2D eigenvalue weighted by Crippen LogP contribution is 2.11. The van der Waals surface area contributed by atoms with Crippen LogP contribution in [0.2, 0.25) is 0 Å². The summed E-state index contributed by atoms with van der Waals surface area (Å²) < 4.78 is 28.7. The van der Waals surface area contributed by atoms with Crippen LogP contribution in [-0.2, 0) is 13.1 Å². The largest absolute Gasteiger partial charge is 0.336 e. The molecule has 1 unspecified atom stereocenters.